The number of methoxy groups -OCH3 is 3. The molecule has 0 spiro atoms. The van der Waals surface area contributed by atoms with E-state index in [9.17, 15) is 4.79 Å². The summed E-state index contributed by atoms with van der Waals surface area (Å²) in [5.41, 5.74) is 4.72. The second-order valence-corrected chi connectivity index (χ2v) is 8.13. The maximum absolute atomic E-state index is 13.9. The Morgan fingerprint density at radius 1 is 0.912 bits per heavy atom. The van der Waals surface area contributed by atoms with Crippen LogP contribution in [0.2, 0.25) is 0 Å². The van der Waals surface area contributed by atoms with Gasteiger partial charge in [0, 0.05) is 24.3 Å². The van der Waals surface area contributed by atoms with Gasteiger partial charge in [-0.3, -0.25) is 4.79 Å². The van der Waals surface area contributed by atoms with E-state index in [1.165, 1.54) is 0 Å². The highest BCUT2D eigenvalue weighted by Crippen LogP contribution is 2.41. The molecule has 34 heavy (non-hydrogen) atoms. The molecule has 6 nitrogen and oxygen atoms in total. The highest BCUT2D eigenvalue weighted by Gasteiger charge is 2.34. The van der Waals surface area contributed by atoms with E-state index in [1.54, 1.807) is 21.3 Å². The number of hydrogen-bond acceptors (Lipinski definition) is 5. The largest absolute Gasteiger partial charge is 0.496 e. The number of benzene rings is 3. The van der Waals surface area contributed by atoms with Crippen molar-refractivity contribution in [2.24, 2.45) is 0 Å². The Kier molecular flexibility index (Phi) is 7.38. The van der Waals surface area contributed by atoms with E-state index in [2.05, 4.69) is 12.1 Å². The van der Waals surface area contributed by atoms with Gasteiger partial charge in [-0.25, -0.2) is 0 Å². The Balaban J connectivity index is 1.78. The molecule has 0 bridgehead atoms. The average Bonchev–Trinajstić information content (AvgIpc) is 2.90. The third-order valence-corrected chi connectivity index (χ3v) is 6.24. The number of carbonyl (C=O) groups excluding carboxylic acids is 1. The summed E-state index contributed by atoms with van der Waals surface area (Å²) >= 11 is 0. The smallest absolute Gasteiger partial charge is 0.254 e. The fourth-order valence-corrected chi connectivity index (χ4v) is 4.56. The highest BCUT2D eigenvalue weighted by atomic mass is 16.5. The molecule has 0 radical (unpaired) electrons. The average molecular weight is 462 g/mol. The van der Waals surface area contributed by atoms with Crippen molar-refractivity contribution in [2.45, 2.75) is 26.0 Å². The van der Waals surface area contributed by atoms with Crippen molar-refractivity contribution in [3.05, 3.63) is 88.5 Å². The fraction of sp³-hybridized carbons (Fsp3) is 0.321. The number of nitrogens with zero attached hydrogens (tertiary/aromatic N) is 1. The van der Waals surface area contributed by atoms with Crippen molar-refractivity contribution < 1.29 is 23.7 Å². The van der Waals surface area contributed by atoms with Crippen molar-refractivity contribution in [1.29, 1.82) is 0 Å². The van der Waals surface area contributed by atoms with Crippen LogP contribution in [-0.2, 0) is 17.8 Å². The summed E-state index contributed by atoms with van der Waals surface area (Å²) in [5.74, 6) is 2.03. The number of hydrogen-bond donors (Lipinski definition) is 0. The monoisotopic (exact) mass is 461 g/mol. The third-order valence-electron chi connectivity index (χ3n) is 6.24. The van der Waals surface area contributed by atoms with Gasteiger partial charge in [-0.1, -0.05) is 30.3 Å². The summed E-state index contributed by atoms with van der Waals surface area (Å²) in [6.45, 7) is 3.52. The summed E-state index contributed by atoms with van der Waals surface area (Å²) < 4.78 is 22.2. The predicted molar refractivity (Wildman–Crippen MR) is 131 cm³/mol. The molecule has 178 valence electrons. The molecular formula is C28H31NO5. The van der Waals surface area contributed by atoms with Gasteiger partial charge in [0.25, 0.3) is 5.91 Å². The Hall–Kier alpha value is -3.51. The topological polar surface area (TPSA) is 57.2 Å². The first-order valence-electron chi connectivity index (χ1n) is 11.5. The minimum absolute atomic E-state index is 0.0327. The molecule has 0 aliphatic carbocycles. The van der Waals surface area contributed by atoms with Gasteiger partial charge in [0.2, 0.25) is 0 Å². The van der Waals surface area contributed by atoms with Crippen molar-refractivity contribution in [2.75, 3.05) is 34.5 Å². The van der Waals surface area contributed by atoms with Crippen LogP contribution in [0.4, 0.5) is 0 Å². The quantitative estimate of drug-likeness (QED) is 0.471. The van der Waals surface area contributed by atoms with Crippen LogP contribution in [0.15, 0.2) is 60.7 Å². The molecule has 0 aromatic heterocycles. The van der Waals surface area contributed by atoms with Crippen molar-refractivity contribution >= 4 is 5.91 Å². The van der Waals surface area contributed by atoms with E-state index >= 15 is 0 Å². The second kappa shape index (κ2) is 10.6. The summed E-state index contributed by atoms with van der Waals surface area (Å²) in [6, 6.07) is 19.4. The minimum atomic E-state index is -0.241. The number of fused-ring (bicyclic) bond motifs is 1. The van der Waals surface area contributed by atoms with Crippen LogP contribution in [0.1, 0.15) is 45.6 Å². The second-order valence-electron chi connectivity index (χ2n) is 8.13. The lowest BCUT2D eigenvalue weighted by Crippen LogP contribution is -2.40. The molecule has 1 heterocycles. The van der Waals surface area contributed by atoms with Crippen molar-refractivity contribution in [3.8, 4) is 17.2 Å². The molecule has 3 aromatic rings. The molecule has 6 heteroatoms. The van der Waals surface area contributed by atoms with Crippen LogP contribution in [0.25, 0.3) is 0 Å². The zero-order valence-corrected chi connectivity index (χ0v) is 20.2. The van der Waals surface area contributed by atoms with Crippen LogP contribution < -0.4 is 14.2 Å². The van der Waals surface area contributed by atoms with Gasteiger partial charge in [-0.2, -0.15) is 0 Å². The van der Waals surface area contributed by atoms with Crippen molar-refractivity contribution in [1.82, 2.24) is 4.90 Å². The number of carbonyl (C=O) groups is 1. The zero-order chi connectivity index (χ0) is 24.1. The molecule has 1 aliphatic heterocycles. The van der Waals surface area contributed by atoms with E-state index in [0.29, 0.717) is 42.6 Å². The third kappa shape index (κ3) is 4.59. The summed E-state index contributed by atoms with van der Waals surface area (Å²) in [6.07, 6.45) is 0.729. The van der Waals surface area contributed by atoms with Gasteiger partial charge in [0.15, 0.2) is 11.5 Å². The number of amides is 1. The van der Waals surface area contributed by atoms with Crippen LogP contribution >= 0.6 is 0 Å². The summed E-state index contributed by atoms with van der Waals surface area (Å²) in [4.78, 5) is 15.8. The molecule has 1 unspecified atom stereocenters. The minimum Gasteiger partial charge on any atom is -0.496 e. The van der Waals surface area contributed by atoms with E-state index in [1.807, 2.05) is 60.4 Å². The van der Waals surface area contributed by atoms with Crippen molar-refractivity contribution in [3.63, 3.8) is 0 Å². The molecule has 0 fully saturated rings. The van der Waals surface area contributed by atoms with E-state index in [-0.39, 0.29) is 11.9 Å². The summed E-state index contributed by atoms with van der Waals surface area (Å²) in [5, 5.41) is 0. The van der Waals surface area contributed by atoms with Crippen LogP contribution in [0, 0.1) is 0 Å². The first-order valence-corrected chi connectivity index (χ1v) is 11.5. The highest BCUT2D eigenvalue weighted by molar-refractivity contribution is 5.95. The standard InChI is InChI=1S/C28H31NO5/c1-5-34-18-22-15-21(11-12-24(22)31-2)28(30)29-14-13-20-16-25(32-3)26(33-4)17-23(20)27(29)19-9-7-6-8-10-19/h6-12,15-17,27H,5,13-14,18H2,1-4H3. The Morgan fingerprint density at radius 3 is 2.29 bits per heavy atom. The molecule has 3 aromatic carbocycles. The summed E-state index contributed by atoms with van der Waals surface area (Å²) in [7, 11) is 4.90. The van der Waals surface area contributed by atoms with E-state index in [4.69, 9.17) is 18.9 Å². The van der Waals surface area contributed by atoms with Gasteiger partial charge < -0.3 is 23.8 Å². The lowest BCUT2D eigenvalue weighted by atomic mass is 9.87. The first-order chi connectivity index (χ1) is 16.6. The normalized spacial score (nSPS) is 14.9. The lowest BCUT2D eigenvalue weighted by molar-refractivity contribution is 0.0693. The Morgan fingerprint density at radius 2 is 1.62 bits per heavy atom. The lowest BCUT2D eigenvalue weighted by Gasteiger charge is -2.38. The zero-order valence-electron chi connectivity index (χ0n) is 20.2. The van der Waals surface area contributed by atoms with Crippen LogP contribution in [0.3, 0.4) is 0 Å². The fourth-order valence-electron chi connectivity index (χ4n) is 4.56. The van der Waals surface area contributed by atoms with Crippen LogP contribution in [-0.4, -0.2) is 45.3 Å². The molecule has 0 saturated carbocycles. The molecule has 0 N–H and O–H groups in total. The first kappa shape index (κ1) is 23.6. The molecule has 1 aliphatic rings. The van der Waals surface area contributed by atoms with Gasteiger partial charge in [0.05, 0.1) is 34.0 Å². The van der Waals surface area contributed by atoms with E-state index < -0.39 is 0 Å². The van der Waals surface area contributed by atoms with Gasteiger partial charge in [-0.15, -0.1) is 0 Å². The van der Waals surface area contributed by atoms with Gasteiger partial charge in [0.1, 0.15) is 5.75 Å². The maximum atomic E-state index is 13.9. The molecule has 0 saturated heterocycles. The predicted octanol–water partition coefficient (Wildman–Crippen LogP) is 5.04. The van der Waals surface area contributed by atoms with Gasteiger partial charge in [-0.05, 0) is 60.4 Å². The van der Waals surface area contributed by atoms with E-state index in [0.717, 1.165) is 28.7 Å². The Bertz CT molecular complexity index is 1150. The molecule has 1 amide bonds. The Labute approximate surface area is 201 Å². The SMILES string of the molecule is CCOCc1cc(C(=O)N2CCc3cc(OC)c(OC)cc3C2c2ccccc2)ccc1OC. The maximum Gasteiger partial charge on any atom is 0.254 e. The molecule has 4 rings (SSSR count). The number of rotatable bonds is 8. The molecular weight excluding hydrogens is 430 g/mol. The number of ether oxygens (including phenoxy) is 4. The molecule has 1 atom stereocenters. The van der Waals surface area contributed by atoms with Crippen LogP contribution in [0.5, 0.6) is 17.2 Å². The van der Waals surface area contributed by atoms with Gasteiger partial charge >= 0.3 is 0 Å².